The van der Waals surface area contributed by atoms with Crippen LogP contribution in [0.2, 0.25) is 0 Å². The molecule has 0 atom stereocenters. The van der Waals surface area contributed by atoms with Crippen molar-refractivity contribution < 1.29 is 13.2 Å². The highest BCUT2D eigenvalue weighted by Crippen LogP contribution is 2.32. The zero-order chi connectivity index (χ0) is 23.7. The van der Waals surface area contributed by atoms with E-state index in [1.807, 2.05) is 24.3 Å². The molecule has 1 saturated heterocycles. The number of thiophene rings is 1. The highest BCUT2D eigenvalue weighted by atomic mass is 32.2. The van der Waals surface area contributed by atoms with E-state index in [-0.39, 0.29) is 5.78 Å². The van der Waals surface area contributed by atoms with E-state index in [4.69, 9.17) is 0 Å². The maximum Gasteiger partial charge on any atom is 0.240 e. The molecule has 1 fully saturated rings. The normalized spacial score (nSPS) is 18.0. The summed E-state index contributed by atoms with van der Waals surface area (Å²) in [5, 5.41) is 2.99. The van der Waals surface area contributed by atoms with Crippen LogP contribution in [0.15, 0.2) is 34.5 Å². The maximum absolute atomic E-state index is 13.3. The number of Topliss-reactive ketones (excluding diaryl/α,β-unsaturated/α-hetero) is 1. The van der Waals surface area contributed by atoms with Crippen molar-refractivity contribution in [3.8, 4) is 0 Å². The summed E-state index contributed by atoms with van der Waals surface area (Å²) in [6.07, 6.45) is 5.96. The molecule has 1 aliphatic heterocycles. The van der Waals surface area contributed by atoms with Crippen LogP contribution in [0.4, 0.5) is 0 Å². The molecule has 0 spiro atoms. The van der Waals surface area contributed by atoms with E-state index in [0.717, 1.165) is 79.5 Å². The molecular formula is C26H33N3O3S2. The Morgan fingerprint density at radius 2 is 2.03 bits per heavy atom. The number of fused-ring (bicyclic) bond motifs is 3. The Morgan fingerprint density at radius 1 is 1.21 bits per heavy atom. The number of aromatic amines is 1. The number of carbonyl (C=O) groups excluding carboxylic acids is 1. The first kappa shape index (κ1) is 23.7. The second kappa shape index (κ2) is 9.93. The first-order valence-corrected chi connectivity index (χ1v) is 14.8. The van der Waals surface area contributed by atoms with Crippen LogP contribution >= 0.6 is 11.3 Å². The Labute approximate surface area is 205 Å². The third-order valence-corrected chi connectivity index (χ3v) is 9.80. The second-order valence-corrected chi connectivity index (χ2v) is 12.3. The van der Waals surface area contributed by atoms with Crippen molar-refractivity contribution in [2.24, 2.45) is 5.92 Å². The average Bonchev–Trinajstić information content (AvgIpc) is 3.49. The molecule has 0 saturated carbocycles. The number of hydrogen-bond acceptors (Lipinski definition) is 5. The van der Waals surface area contributed by atoms with Crippen molar-refractivity contribution in [1.29, 1.82) is 0 Å². The fourth-order valence-corrected chi connectivity index (χ4v) is 7.48. The van der Waals surface area contributed by atoms with Crippen LogP contribution in [0, 0.1) is 5.92 Å². The first-order valence-electron chi connectivity index (χ1n) is 12.4. The molecule has 34 heavy (non-hydrogen) atoms. The van der Waals surface area contributed by atoms with Crippen molar-refractivity contribution in [3.63, 3.8) is 0 Å². The Bertz CT molecular complexity index is 1270. The van der Waals surface area contributed by atoms with Crippen LogP contribution in [-0.2, 0) is 29.3 Å². The molecule has 3 heterocycles. The number of nitrogens with one attached hydrogen (secondary N) is 2. The summed E-state index contributed by atoms with van der Waals surface area (Å²) >= 11 is 1.81. The smallest absolute Gasteiger partial charge is 0.240 e. The Kier molecular flexibility index (Phi) is 6.93. The molecule has 3 aromatic rings. The molecule has 8 heteroatoms. The second-order valence-electron chi connectivity index (χ2n) is 9.58. The summed E-state index contributed by atoms with van der Waals surface area (Å²) in [5.41, 5.74) is 3.22. The summed E-state index contributed by atoms with van der Waals surface area (Å²) in [7, 11) is -3.63. The molecule has 182 valence electrons. The maximum atomic E-state index is 13.3. The standard InChI is InChI=1S/C26H33N3O3S2/c1-2-19-15-21-23(28-22-6-3-7-24(30)26(21)22)16-25(19)34(31,32)27-17-18-8-11-29(12-9-18)13-10-20-5-4-14-33-20/h4-5,14-16,18,27-28H,2-3,6-13,17H2,1H3. The van der Waals surface area contributed by atoms with Crippen LogP contribution < -0.4 is 4.72 Å². The van der Waals surface area contributed by atoms with Crippen molar-refractivity contribution in [3.05, 3.63) is 51.3 Å². The molecule has 0 bridgehead atoms. The number of nitrogens with zero attached hydrogens (tertiary/aromatic N) is 1. The minimum Gasteiger partial charge on any atom is -0.358 e. The third-order valence-electron chi connectivity index (χ3n) is 7.36. The van der Waals surface area contributed by atoms with Gasteiger partial charge >= 0.3 is 0 Å². The zero-order valence-corrected chi connectivity index (χ0v) is 21.4. The molecule has 1 aliphatic carbocycles. The molecule has 0 radical (unpaired) electrons. The lowest BCUT2D eigenvalue weighted by Crippen LogP contribution is -2.39. The number of aryl methyl sites for hydroxylation is 2. The topological polar surface area (TPSA) is 82.3 Å². The number of hydrogen-bond donors (Lipinski definition) is 2. The van der Waals surface area contributed by atoms with Crippen LogP contribution in [0.1, 0.15) is 59.1 Å². The van der Waals surface area contributed by atoms with Gasteiger partial charge in [0.05, 0.1) is 4.90 Å². The number of benzene rings is 1. The lowest BCUT2D eigenvalue weighted by molar-refractivity contribution is 0.0974. The number of aromatic nitrogens is 1. The SMILES string of the molecule is CCc1cc2c3c([nH]c2cc1S(=O)(=O)NCC1CCN(CCc2cccs2)CC1)CCCC3=O. The van der Waals surface area contributed by atoms with Gasteiger partial charge in [-0.25, -0.2) is 13.1 Å². The predicted octanol–water partition coefficient (Wildman–Crippen LogP) is 4.54. The van der Waals surface area contributed by atoms with Crippen molar-refractivity contribution >= 4 is 38.0 Å². The summed E-state index contributed by atoms with van der Waals surface area (Å²) in [6.45, 7) is 5.55. The van der Waals surface area contributed by atoms with Gasteiger partial charge in [-0.05, 0) is 86.7 Å². The van der Waals surface area contributed by atoms with Crippen LogP contribution in [0.5, 0.6) is 0 Å². The van der Waals surface area contributed by atoms with Gasteiger partial charge in [-0.2, -0.15) is 0 Å². The van der Waals surface area contributed by atoms with E-state index < -0.39 is 10.0 Å². The van der Waals surface area contributed by atoms with Crippen molar-refractivity contribution in [2.45, 2.75) is 56.8 Å². The molecule has 0 amide bonds. The fourth-order valence-electron chi connectivity index (χ4n) is 5.35. The van der Waals surface area contributed by atoms with Gasteiger partial charge in [-0.3, -0.25) is 4.79 Å². The monoisotopic (exact) mass is 499 g/mol. The molecule has 1 aromatic carbocycles. The summed E-state index contributed by atoms with van der Waals surface area (Å²) in [5.74, 6) is 0.516. The van der Waals surface area contributed by atoms with Gasteiger partial charge in [0.25, 0.3) is 0 Å². The molecule has 2 aliphatic rings. The molecular weight excluding hydrogens is 466 g/mol. The van der Waals surface area contributed by atoms with Crippen molar-refractivity contribution in [2.75, 3.05) is 26.2 Å². The highest BCUT2D eigenvalue weighted by molar-refractivity contribution is 7.89. The summed E-state index contributed by atoms with van der Waals surface area (Å²) in [4.78, 5) is 20.1. The first-order chi connectivity index (χ1) is 16.4. The van der Waals surface area contributed by atoms with E-state index >= 15 is 0 Å². The van der Waals surface area contributed by atoms with Gasteiger partial charge in [0.2, 0.25) is 10.0 Å². The zero-order valence-electron chi connectivity index (χ0n) is 19.7. The molecule has 0 unspecified atom stereocenters. The number of piperidine rings is 1. The van der Waals surface area contributed by atoms with E-state index in [9.17, 15) is 13.2 Å². The average molecular weight is 500 g/mol. The summed E-state index contributed by atoms with van der Waals surface area (Å²) < 4.78 is 29.5. The Hall–Kier alpha value is -2.00. The molecule has 2 aromatic heterocycles. The largest absolute Gasteiger partial charge is 0.358 e. The fraction of sp³-hybridized carbons (Fsp3) is 0.500. The van der Waals surface area contributed by atoms with Gasteiger partial charge in [-0.15, -0.1) is 11.3 Å². The molecule has 5 rings (SSSR count). The molecule has 6 nitrogen and oxygen atoms in total. The number of ketones is 1. The number of H-pyrrole nitrogens is 1. The number of carbonyl (C=O) groups is 1. The van der Waals surface area contributed by atoms with E-state index in [1.54, 1.807) is 6.07 Å². The predicted molar refractivity (Wildman–Crippen MR) is 137 cm³/mol. The quantitative estimate of drug-likeness (QED) is 0.477. The van der Waals surface area contributed by atoms with Crippen LogP contribution in [-0.4, -0.2) is 50.3 Å². The van der Waals surface area contributed by atoms with Gasteiger partial charge in [0.1, 0.15) is 0 Å². The van der Waals surface area contributed by atoms with Gasteiger partial charge in [0.15, 0.2) is 5.78 Å². The minimum absolute atomic E-state index is 0.157. The van der Waals surface area contributed by atoms with Gasteiger partial charge in [-0.1, -0.05) is 13.0 Å². The van der Waals surface area contributed by atoms with E-state index in [0.29, 0.717) is 30.2 Å². The lowest BCUT2D eigenvalue weighted by atomic mass is 9.94. The number of likely N-dealkylation sites (tertiary alicyclic amines) is 1. The molecule has 2 N–H and O–H groups in total. The number of sulfonamides is 1. The third kappa shape index (κ3) is 4.87. The van der Waals surface area contributed by atoms with E-state index in [2.05, 4.69) is 32.1 Å². The lowest BCUT2D eigenvalue weighted by Gasteiger charge is -2.31. The highest BCUT2D eigenvalue weighted by Gasteiger charge is 2.27. The van der Waals surface area contributed by atoms with Gasteiger partial charge < -0.3 is 9.88 Å². The summed E-state index contributed by atoms with van der Waals surface area (Å²) in [6, 6.07) is 7.93. The Morgan fingerprint density at radius 3 is 2.76 bits per heavy atom. The van der Waals surface area contributed by atoms with Crippen LogP contribution in [0.25, 0.3) is 10.9 Å². The number of rotatable bonds is 8. The van der Waals surface area contributed by atoms with Crippen molar-refractivity contribution in [1.82, 2.24) is 14.6 Å². The van der Waals surface area contributed by atoms with E-state index in [1.165, 1.54) is 4.88 Å². The van der Waals surface area contributed by atoms with Crippen LogP contribution in [0.3, 0.4) is 0 Å². The van der Waals surface area contributed by atoms with Gasteiger partial charge in [0, 0.05) is 46.5 Å². The Balaban J connectivity index is 1.24. The minimum atomic E-state index is -3.63.